The molecule has 1 aromatic rings. The quantitative estimate of drug-likeness (QED) is 0.636. The van der Waals surface area contributed by atoms with Gasteiger partial charge in [-0.05, 0) is 81.1 Å². The molecule has 5 rings (SSSR count). The Kier molecular flexibility index (Phi) is 5.10. The summed E-state index contributed by atoms with van der Waals surface area (Å²) in [5.74, 6) is 1.80. The molecule has 0 spiro atoms. The first-order valence-corrected chi connectivity index (χ1v) is 13.3. The molecule has 3 saturated carbocycles. The van der Waals surface area contributed by atoms with Crippen LogP contribution in [0, 0.1) is 28.6 Å². The minimum absolute atomic E-state index is 0.108. The summed E-state index contributed by atoms with van der Waals surface area (Å²) in [5.41, 5.74) is 0.438. The lowest BCUT2D eigenvalue weighted by atomic mass is 9.46. The van der Waals surface area contributed by atoms with Crippen molar-refractivity contribution in [2.24, 2.45) is 28.6 Å². The molecule has 3 fully saturated rings. The van der Waals surface area contributed by atoms with E-state index in [1.807, 2.05) is 13.0 Å². The molecule has 0 unspecified atom stereocenters. The highest BCUT2D eigenvalue weighted by atomic mass is 32.3. The minimum Gasteiger partial charge on any atom is -0.295 e. The SMILES string of the molecule is C[C@]12CCC(=O)C=C1CC[C@@H]1[C@@H]2CC[C@@]2(C)[C@H]1CC[C@]2(C)OS(=O)(=O)O[n+]1ccccc1. The fraction of sp³-hybridized carbons (Fsp3) is 0.680. The molecule has 0 aliphatic heterocycles. The van der Waals surface area contributed by atoms with Crippen molar-refractivity contribution in [1.29, 1.82) is 0 Å². The molecule has 174 valence electrons. The minimum atomic E-state index is -4.22. The van der Waals surface area contributed by atoms with E-state index in [0.717, 1.165) is 43.3 Å². The van der Waals surface area contributed by atoms with E-state index in [1.165, 1.54) is 18.0 Å². The second-order valence-corrected chi connectivity index (χ2v) is 12.1. The number of allylic oxidation sites excluding steroid dienone is 1. The summed E-state index contributed by atoms with van der Waals surface area (Å²) < 4.78 is 37.9. The van der Waals surface area contributed by atoms with Crippen molar-refractivity contribution in [2.75, 3.05) is 0 Å². The van der Waals surface area contributed by atoms with Gasteiger partial charge in [-0.1, -0.05) is 25.5 Å². The Labute approximate surface area is 191 Å². The third-order valence-corrected chi connectivity index (χ3v) is 10.6. The molecule has 0 amide bonds. The third kappa shape index (κ3) is 3.35. The number of carbonyl (C=O) groups is 1. The molecule has 1 aromatic heterocycles. The van der Waals surface area contributed by atoms with Gasteiger partial charge in [0.1, 0.15) is 0 Å². The Balaban J connectivity index is 1.39. The summed E-state index contributed by atoms with van der Waals surface area (Å²) in [6, 6.07) is 5.20. The van der Waals surface area contributed by atoms with Gasteiger partial charge < -0.3 is 0 Å². The Hall–Kier alpha value is -1.73. The lowest BCUT2D eigenvalue weighted by Gasteiger charge is -2.59. The van der Waals surface area contributed by atoms with E-state index >= 15 is 0 Å². The zero-order valence-electron chi connectivity index (χ0n) is 19.2. The average molecular weight is 461 g/mol. The summed E-state index contributed by atoms with van der Waals surface area (Å²) >= 11 is 0. The van der Waals surface area contributed by atoms with Crippen molar-refractivity contribution in [2.45, 2.75) is 77.7 Å². The predicted octanol–water partition coefficient (Wildman–Crippen LogP) is 3.95. The highest BCUT2D eigenvalue weighted by molar-refractivity contribution is 7.82. The van der Waals surface area contributed by atoms with Crippen molar-refractivity contribution >= 4 is 16.2 Å². The molecule has 0 bridgehead atoms. The van der Waals surface area contributed by atoms with Crippen LogP contribution < -0.4 is 9.01 Å². The van der Waals surface area contributed by atoms with Crippen molar-refractivity contribution in [3.8, 4) is 0 Å². The molecule has 4 aliphatic carbocycles. The molecule has 6 nitrogen and oxygen atoms in total. The number of hydrogen-bond donors (Lipinski definition) is 0. The van der Waals surface area contributed by atoms with Gasteiger partial charge in [-0.2, -0.15) is 8.42 Å². The van der Waals surface area contributed by atoms with Crippen LogP contribution in [0.3, 0.4) is 0 Å². The van der Waals surface area contributed by atoms with Crippen LogP contribution in [0.25, 0.3) is 0 Å². The highest BCUT2D eigenvalue weighted by Gasteiger charge is 2.64. The number of ketones is 1. The summed E-state index contributed by atoms with van der Waals surface area (Å²) in [6.45, 7) is 6.55. The van der Waals surface area contributed by atoms with E-state index in [0.29, 0.717) is 30.6 Å². The first kappa shape index (κ1) is 22.1. The molecule has 0 saturated heterocycles. The lowest BCUT2D eigenvalue weighted by molar-refractivity contribution is -0.857. The van der Waals surface area contributed by atoms with E-state index < -0.39 is 16.0 Å². The Morgan fingerprint density at radius 1 is 0.938 bits per heavy atom. The number of hydrogen-bond acceptors (Lipinski definition) is 5. The van der Waals surface area contributed by atoms with Gasteiger partial charge in [-0.3, -0.25) is 4.79 Å². The fourth-order valence-electron chi connectivity index (χ4n) is 7.70. The van der Waals surface area contributed by atoms with Gasteiger partial charge in [0.15, 0.2) is 5.78 Å². The Bertz CT molecular complexity index is 1050. The average Bonchev–Trinajstić information content (AvgIpc) is 2.99. The number of pyridine rings is 1. The third-order valence-electron chi connectivity index (χ3n) is 9.64. The predicted molar refractivity (Wildman–Crippen MR) is 118 cm³/mol. The van der Waals surface area contributed by atoms with Crippen LogP contribution in [0.15, 0.2) is 42.2 Å². The second kappa shape index (κ2) is 7.39. The zero-order valence-corrected chi connectivity index (χ0v) is 20.1. The smallest absolute Gasteiger partial charge is 0.295 e. The van der Waals surface area contributed by atoms with Gasteiger partial charge in [0.2, 0.25) is 12.4 Å². The molecule has 1 heterocycles. The summed E-state index contributed by atoms with van der Waals surface area (Å²) in [4.78, 5) is 12.0. The second-order valence-electron chi connectivity index (χ2n) is 11.0. The van der Waals surface area contributed by atoms with Crippen molar-refractivity contribution < 1.29 is 26.4 Å². The molecule has 0 radical (unpaired) electrons. The summed E-state index contributed by atoms with van der Waals surface area (Å²) in [6.07, 6.45) is 12.3. The Morgan fingerprint density at radius 2 is 1.66 bits per heavy atom. The molecule has 32 heavy (non-hydrogen) atoms. The maximum Gasteiger partial charge on any atom is 0.503 e. The molecular formula is C25H34NO5S+. The zero-order chi connectivity index (χ0) is 22.8. The van der Waals surface area contributed by atoms with Crippen LogP contribution >= 0.6 is 0 Å². The first-order valence-electron chi connectivity index (χ1n) is 11.9. The van der Waals surface area contributed by atoms with E-state index in [1.54, 1.807) is 18.2 Å². The molecule has 0 N–H and O–H groups in total. The summed E-state index contributed by atoms with van der Waals surface area (Å²) in [5, 5.41) is 0. The fourth-order valence-corrected chi connectivity index (χ4v) is 8.77. The van der Waals surface area contributed by atoms with Crippen LogP contribution in [0.1, 0.15) is 72.1 Å². The largest absolute Gasteiger partial charge is 0.503 e. The maximum absolute atomic E-state index is 12.8. The van der Waals surface area contributed by atoms with Crippen LogP contribution in [0.2, 0.25) is 0 Å². The van der Waals surface area contributed by atoms with Crippen LogP contribution in [0.5, 0.6) is 0 Å². The molecule has 0 aromatic carbocycles. The van der Waals surface area contributed by atoms with Gasteiger partial charge >= 0.3 is 10.4 Å². The maximum atomic E-state index is 12.8. The topological polar surface area (TPSA) is 73.5 Å². The van der Waals surface area contributed by atoms with E-state index in [4.69, 9.17) is 8.47 Å². The first-order chi connectivity index (χ1) is 15.1. The van der Waals surface area contributed by atoms with Crippen LogP contribution in [-0.2, 0) is 19.4 Å². The summed E-state index contributed by atoms with van der Waals surface area (Å²) in [7, 11) is -4.22. The van der Waals surface area contributed by atoms with Crippen LogP contribution in [-0.4, -0.2) is 19.8 Å². The molecule has 4 aliphatic rings. The van der Waals surface area contributed by atoms with E-state index in [-0.39, 0.29) is 16.6 Å². The van der Waals surface area contributed by atoms with Gasteiger partial charge in [0.25, 0.3) is 0 Å². The number of rotatable bonds is 4. The molecule has 6 atom stereocenters. The normalized spacial score (nSPS) is 41.3. The van der Waals surface area contributed by atoms with Gasteiger partial charge in [-0.25, -0.2) is 4.18 Å². The van der Waals surface area contributed by atoms with E-state index in [2.05, 4.69) is 13.8 Å². The van der Waals surface area contributed by atoms with Crippen molar-refractivity contribution in [3.05, 3.63) is 42.2 Å². The van der Waals surface area contributed by atoms with Gasteiger partial charge in [-0.15, -0.1) is 4.28 Å². The number of nitrogens with zero attached hydrogens (tertiary/aromatic N) is 1. The van der Waals surface area contributed by atoms with Gasteiger partial charge in [0, 0.05) is 28.7 Å². The van der Waals surface area contributed by atoms with Gasteiger partial charge in [0.05, 0.1) is 5.60 Å². The van der Waals surface area contributed by atoms with Crippen molar-refractivity contribution in [3.63, 3.8) is 0 Å². The van der Waals surface area contributed by atoms with E-state index in [9.17, 15) is 13.2 Å². The number of aromatic nitrogens is 1. The standard InChI is InChI=1S/C25H34NO5S/c1-23-12-9-19(27)17-18(23)7-8-20-21(23)10-13-24(2)22(20)11-14-25(24,3)30-32(28,29)31-26-15-5-4-6-16-26/h4-6,15-17,20-22H,7-14H2,1-3H3/q+1/t20-,21+,22+,23+,24+,25+/m1/s1. The highest BCUT2D eigenvalue weighted by Crippen LogP contribution is 2.68. The molecular weight excluding hydrogens is 426 g/mol. The van der Waals surface area contributed by atoms with Crippen molar-refractivity contribution in [1.82, 2.24) is 0 Å². The number of fused-ring (bicyclic) bond motifs is 5. The number of carbonyl (C=O) groups excluding carboxylic acids is 1. The molecule has 7 heteroatoms. The lowest BCUT2D eigenvalue weighted by Crippen LogP contribution is -2.56. The monoisotopic (exact) mass is 460 g/mol. The van der Waals surface area contributed by atoms with Crippen LogP contribution in [0.4, 0.5) is 0 Å². The Morgan fingerprint density at radius 3 is 2.41 bits per heavy atom.